The number of carbonyl (C=O) groups is 3. The van der Waals surface area contributed by atoms with Crippen LogP contribution in [0.4, 0.5) is 4.79 Å². The number of nitrogens with zero attached hydrogens (tertiary/aromatic N) is 2. The molecule has 3 amide bonds. The van der Waals surface area contributed by atoms with Gasteiger partial charge >= 0.3 is 12.0 Å². The minimum absolute atomic E-state index is 0.0506. The van der Waals surface area contributed by atoms with Gasteiger partial charge in [0.05, 0.1) is 0 Å². The third-order valence-corrected chi connectivity index (χ3v) is 2.62. The van der Waals surface area contributed by atoms with Crippen molar-refractivity contribution in [3.63, 3.8) is 0 Å². The average molecular weight is 294 g/mol. The number of urea groups is 1. The molecule has 0 bridgehead atoms. The van der Waals surface area contributed by atoms with Gasteiger partial charge in [-0.15, -0.1) is 0 Å². The topological polar surface area (TPSA) is 112 Å². The van der Waals surface area contributed by atoms with Crippen LogP contribution in [0.1, 0.15) is 22.5 Å². The van der Waals surface area contributed by atoms with E-state index in [4.69, 9.17) is 5.11 Å². The first-order chi connectivity index (χ1) is 9.90. The predicted molar refractivity (Wildman–Crippen MR) is 74.7 cm³/mol. The Balaban J connectivity index is 2.29. The second-order valence-electron chi connectivity index (χ2n) is 4.50. The largest absolute Gasteiger partial charge is 0.477 e. The number of aromatic nitrogens is 1. The van der Waals surface area contributed by atoms with Gasteiger partial charge < -0.3 is 20.6 Å². The Morgan fingerprint density at radius 2 is 1.95 bits per heavy atom. The maximum Gasteiger partial charge on any atom is 0.354 e. The number of pyridine rings is 1. The Bertz CT molecular complexity index is 513. The summed E-state index contributed by atoms with van der Waals surface area (Å²) < 4.78 is 0. The summed E-state index contributed by atoms with van der Waals surface area (Å²) in [5, 5.41) is 13.8. The molecule has 1 aromatic rings. The zero-order valence-corrected chi connectivity index (χ0v) is 11.9. The molecule has 114 valence electrons. The van der Waals surface area contributed by atoms with Crippen molar-refractivity contribution in [2.45, 2.75) is 13.0 Å². The van der Waals surface area contributed by atoms with Crippen LogP contribution in [0.2, 0.25) is 0 Å². The third-order valence-electron chi connectivity index (χ3n) is 2.62. The number of nitrogens with one attached hydrogen (secondary N) is 2. The van der Waals surface area contributed by atoms with E-state index in [0.29, 0.717) is 5.56 Å². The van der Waals surface area contributed by atoms with Crippen LogP contribution < -0.4 is 10.6 Å². The van der Waals surface area contributed by atoms with Crippen LogP contribution >= 0.6 is 0 Å². The minimum Gasteiger partial charge on any atom is -0.477 e. The maximum absolute atomic E-state index is 11.5. The molecule has 0 unspecified atom stereocenters. The molecule has 0 saturated heterocycles. The SMILES string of the molecule is CN(C)C(=O)CCNC(=O)NCc1ccc(C(=O)O)nc1. The Morgan fingerprint density at radius 1 is 1.24 bits per heavy atom. The first kappa shape index (κ1) is 16.4. The monoisotopic (exact) mass is 294 g/mol. The highest BCUT2D eigenvalue weighted by atomic mass is 16.4. The van der Waals surface area contributed by atoms with Crippen molar-refractivity contribution in [3.8, 4) is 0 Å². The number of aromatic carboxylic acids is 1. The highest BCUT2D eigenvalue weighted by Gasteiger charge is 2.06. The molecule has 0 fully saturated rings. The molecule has 0 aromatic carbocycles. The zero-order chi connectivity index (χ0) is 15.8. The van der Waals surface area contributed by atoms with Crippen molar-refractivity contribution in [2.24, 2.45) is 0 Å². The minimum atomic E-state index is -1.10. The fraction of sp³-hybridized carbons (Fsp3) is 0.385. The maximum atomic E-state index is 11.5. The summed E-state index contributed by atoms with van der Waals surface area (Å²) >= 11 is 0. The fourth-order valence-electron chi connectivity index (χ4n) is 1.41. The van der Waals surface area contributed by atoms with Gasteiger partial charge in [-0.3, -0.25) is 4.79 Å². The molecular weight excluding hydrogens is 276 g/mol. The third kappa shape index (κ3) is 5.89. The molecule has 1 heterocycles. The first-order valence-corrected chi connectivity index (χ1v) is 6.30. The number of hydrogen-bond donors (Lipinski definition) is 3. The normalized spacial score (nSPS) is 9.81. The summed E-state index contributed by atoms with van der Waals surface area (Å²) in [6.07, 6.45) is 1.62. The summed E-state index contributed by atoms with van der Waals surface area (Å²) in [4.78, 5) is 38.6. The van der Waals surface area contributed by atoms with Crippen LogP contribution in [0.3, 0.4) is 0 Å². The standard InChI is InChI=1S/C13H18N4O4/c1-17(2)11(18)5-6-14-13(21)16-8-9-3-4-10(12(19)20)15-7-9/h3-4,7H,5-6,8H2,1-2H3,(H,19,20)(H2,14,16,21). The second-order valence-corrected chi connectivity index (χ2v) is 4.50. The summed E-state index contributed by atoms with van der Waals surface area (Å²) in [5.74, 6) is -1.17. The van der Waals surface area contributed by atoms with Gasteiger partial charge in [-0.2, -0.15) is 0 Å². The van der Waals surface area contributed by atoms with E-state index < -0.39 is 12.0 Å². The average Bonchev–Trinajstić information content (AvgIpc) is 2.45. The number of amides is 3. The van der Waals surface area contributed by atoms with E-state index in [9.17, 15) is 14.4 Å². The molecule has 8 nitrogen and oxygen atoms in total. The fourth-order valence-corrected chi connectivity index (χ4v) is 1.41. The number of carboxylic acids is 1. The Kier molecular flexibility index (Phi) is 6.12. The van der Waals surface area contributed by atoms with Crippen molar-refractivity contribution in [1.82, 2.24) is 20.5 Å². The Labute approximate surface area is 122 Å². The van der Waals surface area contributed by atoms with Gasteiger partial charge in [0, 0.05) is 39.8 Å². The molecule has 1 rings (SSSR count). The van der Waals surface area contributed by atoms with Crippen LogP contribution in [0.15, 0.2) is 18.3 Å². The van der Waals surface area contributed by atoms with Gasteiger partial charge in [-0.1, -0.05) is 6.07 Å². The van der Waals surface area contributed by atoms with E-state index in [1.54, 1.807) is 20.2 Å². The number of rotatable bonds is 6. The number of carboxylic acid groups (broad SMARTS) is 1. The lowest BCUT2D eigenvalue weighted by Crippen LogP contribution is -2.37. The molecule has 3 N–H and O–H groups in total. The van der Waals surface area contributed by atoms with Gasteiger partial charge in [-0.05, 0) is 11.6 Å². The van der Waals surface area contributed by atoms with E-state index >= 15 is 0 Å². The smallest absolute Gasteiger partial charge is 0.354 e. The summed E-state index contributed by atoms with van der Waals surface area (Å²) in [6.45, 7) is 0.472. The van der Waals surface area contributed by atoms with Crippen LogP contribution in [-0.4, -0.2) is 53.5 Å². The molecule has 0 aliphatic carbocycles. The molecule has 8 heteroatoms. The van der Waals surface area contributed by atoms with Crippen molar-refractivity contribution in [3.05, 3.63) is 29.6 Å². The van der Waals surface area contributed by atoms with Gasteiger partial charge in [-0.25, -0.2) is 14.6 Å². The van der Waals surface area contributed by atoms with E-state index in [-0.39, 0.29) is 31.1 Å². The zero-order valence-electron chi connectivity index (χ0n) is 11.9. The Hall–Kier alpha value is -2.64. The molecule has 0 atom stereocenters. The van der Waals surface area contributed by atoms with Crippen LogP contribution in [0, 0.1) is 0 Å². The van der Waals surface area contributed by atoms with Crippen molar-refractivity contribution < 1.29 is 19.5 Å². The van der Waals surface area contributed by atoms with E-state index in [1.165, 1.54) is 17.2 Å². The van der Waals surface area contributed by atoms with Crippen LogP contribution in [0.25, 0.3) is 0 Å². The quantitative estimate of drug-likeness (QED) is 0.686. The van der Waals surface area contributed by atoms with Crippen molar-refractivity contribution in [2.75, 3.05) is 20.6 Å². The number of hydrogen-bond acceptors (Lipinski definition) is 4. The van der Waals surface area contributed by atoms with Crippen molar-refractivity contribution in [1.29, 1.82) is 0 Å². The van der Waals surface area contributed by atoms with Gasteiger partial charge in [0.1, 0.15) is 5.69 Å². The van der Waals surface area contributed by atoms with Crippen LogP contribution in [0.5, 0.6) is 0 Å². The predicted octanol–water partition coefficient (Wildman–Crippen LogP) is 0.0573. The van der Waals surface area contributed by atoms with Crippen molar-refractivity contribution >= 4 is 17.9 Å². The molecule has 0 saturated carbocycles. The van der Waals surface area contributed by atoms with Gasteiger partial charge in [0.2, 0.25) is 5.91 Å². The lowest BCUT2D eigenvalue weighted by molar-refractivity contribution is -0.128. The second kappa shape index (κ2) is 7.83. The van der Waals surface area contributed by atoms with Gasteiger partial charge in [0.15, 0.2) is 0 Å². The van der Waals surface area contributed by atoms with E-state index in [2.05, 4.69) is 15.6 Å². The lowest BCUT2D eigenvalue weighted by atomic mass is 10.2. The summed E-state index contributed by atoms with van der Waals surface area (Å²) in [5.41, 5.74) is 0.630. The molecule has 21 heavy (non-hydrogen) atoms. The van der Waals surface area contributed by atoms with Gasteiger partial charge in [0.25, 0.3) is 0 Å². The lowest BCUT2D eigenvalue weighted by Gasteiger charge is -2.11. The summed E-state index contributed by atoms with van der Waals surface area (Å²) in [7, 11) is 3.30. The van der Waals surface area contributed by atoms with E-state index in [0.717, 1.165) is 0 Å². The van der Waals surface area contributed by atoms with Crippen LogP contribution in [-0.2, 0) is 11.3 Å². The molecule has 0 spiro atoms. The molecule has 0 aliphatic heterocycles. The van der Waals surface area contributed by atoms with E-state index in [1.807, 2.05) is 0 Å². The molecule has 0 aliphatic rings. The first-order valence-electron chi connectivity index (χ1n) is 6.30. The highest BCUT2D eigenvalue weighted by molar-refractivity contribution is 5.85. The number of carbonyl (C=O) groups excluding carboxylic acids is 2. The molecule has 0 radical (unpaired) electrons. The highest BCUT2D eigenvalue weighted by Crippen LogP contribution is 2.00. The molecule has 1 aromatic heterocycles. The molecular formula is C13H18N4O4. The summed E-state index contributed by atoms with van der Waals surface area (Å²) in [6, 6.07) is 2.54. The Morgan fingerprint density at radius 3 is 2.48 bits per heavy atom.